The zero-order chi connectivity index (χ0) is 18.4. The molecular weight excluding hydrogens is 300 g/mol. The van der Waals surface area contributed by atoms with Crippen LogP contribution in [0, 0.1) is 5.92 Å². The summed E-state index contributed by atoms with van der Waals surface area (Å²) in [5.74, 6) is -0.805. The summed E-state index contributed by atoms with van der Waals surface area (Å²) in [6.07, 6.45) is -0.253. The van der Waals surface area contributed by atoms with E-state index >= 15 is 0 Å². The second-order valence-corrected chi connectivity index (χ2v) is 7.43. The fourth-order valence-corrected chi connectivity index (χ4v) is 1.78. The summed E-state index contributed by atoms with van der Waals surface area (Å²) in [5, 5.41) is 5.13. The van der Waals surface area contributed by atoms with Crippen LogP contribution in [0.3, 0.4) is 0 Å². The normalized spacial score (nSPS) is 13.3. The Morgan fingerprint density at radius 2 is 1.57 bits per heavy atom. The minimum atomic E-state index is -1.23. The highest BCUT2D eigenvalue weighted by atomic mass is 16.6. The van der Waals surface area contributed by atoms with Gasteiger partial charge in [0, 0.05) is 0 Å². The summed E-state index contributed by atoms with van der Waals surface area (Å²) >= 11 is 0. The van der Waals surface area contributed by atoms with Crippen molar-refractivity contribution in [2.24, 2.45) is 5.92 Å². The first-order valence-corrected chi connectivity index (χ1v) is 7.68. The zero-order valence-electron chi connectivity index (χ0n) is 15.4. The van der Waals surface area contributed by atoms with Gasteiger partial charge in [-0.3, -0.25) is 4.79 Å². The lowest BCUT2D eigenvalue weighted by Crippen LogP contribution is -2.58. The molecule has 0 aliphatic rings. The van der Waals surface area contributed by atoms with Gasteiger partial charge < -0.3 is 20.1 Å². The number of carbonyl (C=O) groups excluding carboxylic acids is 3. The van der Waals surface area contributed by atoms with E-state index in [0.717, 1.165) is 0 Å². The topological polar surface area (TPSA) is 93.7 Å². The highest BCUT2D eigenvalue weighted by Crippen LogP contribution is 2.12. The molecule has 0 aromatic rings. The lowest BCUT2D eigenvalue weighted by molar-refractivity contribution is -0.146. The van der Waals surface area contributed by atoms with Crippen molar-refractivity contribution in [1.82, 2.24) is 10.6 Å². The maximum atomic E-state index is 12.4. The predicted octanol–water partition coefficient (Wildman–Crippen LogP) is 1.99. The molecule has 0 spiro atoms. The Labute approximate surface area is 138 Å². The Hall–Kier alpha value is -1.79. The minimum Gasteiger partial charge on any atom is -0.467 e. The Kier molecular flexibility index (Phi) is 7.54. The summed E-state index contributed by atoms with van der Waals surface area (Å²) in [6.45, 7) is 12.1. The van der Waals surface area contributed by atoms with Gasteiger partial charge >= 0.3 is 12.1 Å². The molecular formula is C16H30N2O5. The first-order valence-electron chi connectivity index (χ1n) is 7.68. The molecule has 0 saturated carbocycles. The molecule has 134 valence electrons. The van der Waals surface area contributed by atoms with E-state index in [4.69, 9.17) is 9.47 Å². The van der Waals surface area contributed by atoms with Gasteiger partial charge in [0.05, 0.1) is 7.11 Å². The molecule has 7 heteroatoms. The van der Waals surface area contributed by atoms with Crippen LogP contribution in [0.15, 0.2) is 0 Å². The van der Waals surface area contributed by atoms with E-state index in [1.54, 1.807) is 20.8 Å². The SMILES string of the molecule is COC(=O)[C@@H](CC(C)C)NC(=O)C(C)(C)NC(=O)OC(C)(C)C. The molecule has 0 aliphatic heterocycles. The monoisotopic (exact) mass is 330 g/mol. The first-order chi connectivity index (χ1) is 10.3. The van der Waals surface area contributed by atoms with Crippen molar-refractivity contribution >= 4 is 18.0 Å². The Bertz CT molecular complexity index is 438. The number of hydrogen-bond donors (Lipinski definition) is 2. The van der Waals surface area contributed by atoms with Crippen molar-refractivity contribution in [3.05, 3.63) is 0 Å². The Morgan fingerprint density at radius 3 is 1.96 bits per heavy atom. The van der Waals surface area contributed by atoms with Crippen molar-refractivity contribution < 1.29 is 23.9 Å². The third kappa shape index (κ3) is 8.42. The smallest absolute Gasteiger partial charge is 0.408 e. The van der Waals surface area contributed by atoms with E-state index in [-0.39, 0.29) is 5.92 Å². The molecule has 0 saturated heterocycles. The van der Waals surface area contributed by atoms with Crippen molar-refractivity contribution in [1.29, 1.82) is 0 Å². The molecule has 0 aromatic carbocycles. The summed E-state index contributed by atoms with van der Waals surface area (Å²) in [5.41, 5.74) is -1.89. The van der Waals surface area contributed by atoms with Gasteiger partial charge in [-0.25, -0.2) is 9.59 Å². The van der Waals surface area contributed by atoms with Crippen molar-refractivity contribution in [3.63, 3.8) is 0 Å². The predicted molar refractivity (Wildman–Crippen MR) is 86.9 cm³/mol. The molecule has 0 aliphatic carbocycles. The number of rotatable bonds is 6. The van der Waals surface area contributed by atoms with Crippen molar-refractivity contribution in [2.75, 3.05) is 7.11 Å². The largest absolute Gasteiger partial charge is 0.467 e. The van der Waals surface area contributed by atoms with Crippen LogP contribution in [0.4, 0.5) is 4.79 Å². The van der Waals surface area contributed by atoms with Crippen LogP contribution >= 0.6 is 0 Å². The summed E-state index contributed by atoms with van der Waals surface area (Å²) in [4.78, 5) is 36.0. The van der Waals surface area contributed by atoms with Gasteiger partial charge in [-0.15, -0.1) is 0 Å². The number of ether oxygens (including phenoxy) is 2. The van der Waals surface area contributed by atoms with E-state index in [0.29, 0.717) is 6.42 Å². The average Bonchev–Trinajstić information content (AvgIpc) is 2.33. The van der Waals surface area contributed by atoms with Crippen LogP contribution in [0.25, 0.3) is 0 Å². The number of nitrogens with one attached hydrogen (secondary N) is 2. The number of amides is 2. The second kappa shape index (κ2) is 8.17. The number of methoxy groups -OCH3 is 1. The van der Waals surface area contributed by atoms with Gasteiger partial charge in [0.1, 0.15) is 17.2 Å². The number of alkyl carbamates (subject to hydrolysis) is 1. The molecule has 0 aromatic heterocycles. The quantitative estimate of drug-likeness (QED) is 0.727. The fraction of sp³-hybridized carbons (Fsp3) is 0.812. The van der Waals surface area contributed by atoms with E-state index in [1.807, 2.05) is 13.8 Å². The number of carbonyl (C=O) groups is 3. The molecule has 0 bridgehead atoms. The fourth-order valence-electron chi connectivity index (χ4n) is 1.78. The minimum absolute atomic E-state index is 0.196. The van der Waals surface area contributed by atoms with Gasteiger partial charge in [-0.2, -0.15) is 0 Å². The van der Waals surface area contributed by atoms with Crippen molar-refractivity contribution in [3.8, 4) is 0 Å². The third-order valence-corrected chi connectivity index (χ3v) is 2.88. The van der Waals surface area contributed by atoms with Crippen LogP contribution in [-0.2, 0) is 19.1 Å². The zero-order valence-corrected chi connectivity index (χ0v) is 15.4. The first kappa shape index (κ1) is 21.2. The lowest BCUT2D eigenvalue weighted by atomic mass is 10.0. The Morgan fingerprint density at radius 1 is 1.04 bits per heavy atom. The summed E-state index contributed by atoms with van der Waals surface area (Å²) in [6, 6.07) is -0.757. The molecule has 23 heavy (non-hydrogen) atoms. The van der Waals surface area contributed by atoms with E-state index in [1.165, 1.54) is 21.0 Å². The van der Waals surface area contributed by atoms with Gasteiger partial charge in [-0.1, -0.05) is 13.8 Å². The molecule has 0 fully saturated rings. The van der Waals surface area contributed by atoms with Crippen LogP contribution in [0.5, 0.6) is 0 Å². The molecule has 0 heterocycles. The van der Waals surface area contributed by atoms with Gasteiger partial charge in [-0.05, 0) is 47.0 Å². The van der Waals surface area contributed by atoms with E-state index in [2.05, 4.69) is 10.6 Å². The standard InChI is InChI=1S/C16H30N2O5/c1-10(2)9-11(12(19)22-8)17-13(20)16(6,7)18-14(21)23-15(3,4)5/h10-11H,9H2,1-8H3,(H,17,20)(H,18,21)/t11-/m1/s1. The van der Waals surface area contributed by atoms with Crippen LogP contribution < -0.4 is 10.6 Å². The maximum absolute atomic E-state index is 12.4. The average molecular weight is 330 g/mol. The van der Waals surface area contributed by atoms with Crippen molar-refractivity contribution in [2.45, 2.75) is 72.1 Å². The lowest BCUT2D eigenvalue weighted by Gasteiger charge is -2.29. The molecule has 0 rings (SSSR count). The molecule has 0 radical (unpaired) electrons. The molecule has 2 amide bonds. The second-order valence-electron chi connectivity index (χ2n) is 7.43. The highest BCUT2D eigenvalue weighted by molar-refractivity contribution is 5.92. The molecule has 2 N–H and O–H groups in total. The van der Waals surface area contributed by atoms with Gasteiger partial charge in [0.15, 0.2) is 0 Å². The van der Waals surface area contributed by atoms with E-state index in [9.17, 15) is 14.4 Å². The van der Waals surface area contributed by atoms with Crippen LogP contribution in [0.2, 0.25) is 0 Å². The maximum Gasteiger partial charge on any atom is 0.408 e. The Balaban J connectivity index is 4.88. The summed E-state index contributed by atoms with van der Waals surface area (Å²) in [7, 11) is 1.27. The highest BCUT2D eigenvalue weighted by Gasteiger charge is 2.34. The number of esters is 1. The van der Waals surface area contributed by atoms with Gasteiger partial charge in [0.2, 0.25) is 5.91 Å². The molecule has 7 nitrogen and oxygen atoms in total. The van der Waals surface area contributed by atoms with Crippen LogP contribution in [0.1, 0.15) is 54.9 Å². The van der Waals surface area contributed by atoms with E-state index < -0.39 is 35.2 Å². The third-order valence-electron chi connectivity index (χ3n) is 2.88. The molecule has 0 unspecified atom stereocenters. The van der Waals surface area contributed by atoms with Crippen LogP contribution in [-0.4, -0.2) is 42.3 Å². The summed E-state index contributed by atoms with van der Waals surface area (Å²) < 4.78 is 9.85. The number of hydrogen-bond acceptors (Lipinski definition) is 5. The van der Waals surface area contributed by atoms with Gasteiger partial charge in [0.25, 0.3) is 0 Å². The molecule has 1 atom stereocenters.